The van der Waals surface area contributed by atoms with Crippen LogP contribution in [0.3, 0.4) is 0 Å². The number of nitrogens with one attached hydrogen (secondary N) is 1. The van der Waals surface area contributed by atoms with Crippen molar-refractivity contribution < 1.29 is 9.90 Å². The summed E-state index contributed by atoms with van der Waals surface area (Å²) in [6.45, 7) is 7.93. The standard InChI is InChI=1S/C15H23NO2S/c1-6-14(19-5)15(18)16-12-8-11(9(2)3)13(17)7-10(12)4/h7-9,14,17H,6H2,1-5H3,(H,16,18)/t14-/m1/s1. The van der Waals surface area contributed by atoms with Gasteiger partial charge in [-0.25, -0.2) is 0 Å². The van der Waals surface area contributed by atoms with Gasteiger partial charge in [-0.1, -0.05) is 20.8 Å². The number of carbonyl (C=O) groups excluding carboxylic acids is 1. The maximum absolute atomic E-state index is 12.1. The first-order valence-corrected chi connectivity index (χ1v) is 7.86. The van der Waals surface area contributed by atoms with Gasteiger partial charge in [0.2, 0.25) is 5.91 Å². The van der Waals surface area contributed by atoms with Gasteiger partial charge in [-0.3, -0.25) is 4.79 Å². The van der Waals surface area contributed by atoms with Crippen LogP contribution in [0.2, 0.25) is 0 Å². The first-order chi connectivity index (χ1) is 8.90. The van der Waals surface area contributed by atoms with E-state index in [1.807, 2.05) is 40.0 Å². The van der Waals surface area contributed by atoms with Crippen molar-refractivity contribution in [3.63, 3.8) is 0 Å². The van der Waals surface area contributed by atoms with Crippen LogP contribution in [-0.4, -0.2) is 22.5 Å². The van der Waals surface area contributed by atoms with E-state index < -0.39 is 0 Å². The van der Waals surface area contributed by atoms with E-state index in [1.165, 1.54) is 0 Å². The SMILES string of the molecule is CC[C@@H](SC)C(=O)Nc1cc(C(C)C)c(O)cc1C. The lowest BCUT2D eigenvalue weighted by Gasteiger charge is -2.17. The molecule has 0 radical (unpaired) electrons. The second-order valence-corrected chi connectivity index (χ2v) is 6.04. The van der Waals surface area contributed by atoms with Crippen LogP contribution in [0.25, 0.3) is 0 Å². The molecule has 1 aromatic rings. The van der Waals surface area contributed by atoms with Crippen LogP contribution in [0.15, 0.2) is 12.1 Å². The Morgan fingerprint density at radius 2 is 2.05 bits per heavy atom. The van der Waals surface area contributed by atoms with Crippen LogP contribution in [0.5, 0.6) is 5.75 Å². The van der Waals surface area contributed by atoms with E-state index in [9.17, 15) is 9.90 Å². The first kappa shape index (κ1) is 15.9. The van der Waals surface area contributed by atoms with Crippen molar-refractivity contribution in [2.24, 2.45) is 0 Å². The van der Waals surface area contributed by atoms with E-state index in [2.05, 4.69) is 5.32 Å². The average molecular weight is 281 g/mol. The van der Waals surface area contributed by atoms with Gasteiger partial charge in [0, 0.05) is 5.69 Å². The van der Waals surface area contributed by atoms with Gasteiger partial charge < -0.3 is 10.4 Å². The predicted molar refractivity (Wildman–Crippen MR) is 83.2 cm³/mol. The monoisotopic (exact) mass is 281 g/mol. The molecule has 19 heavy (non-hydrogen) atoms. The van der Waals surface area contributed by atoms with Crippen molar-refractivity contribution in [1.82, 2.24) is 0 Å². The smallest absolute Gasteiger partial charge is 0.237 e. The number of hydrogen-bond donors (Lipinski definition) is 2. The zero-order valence-corrected chi connectivity index (χ0v) is 13.1. The zero-order chi connectivity index (χ0) is 14.6. The summed E-state index contributed by atoms with van der Waals surface area (Å²) in [5, 5.41) is 12.8. The van der Waals surface area contributed by atoms with Gasteiger partial charge in [-0.05, 0) is 48.8 Å². The summed E-state index contributed by atoms with van der Waals surface area (Å²) in [5.41, 5.74) is 2.53. The van der Waals surface area contributed by atoms with Gasteiger partial charge in [-0.15, -0.1) is 0 Å². The van der Waals surface area contributed by atoms with Crippen LogP contribution >= 0.6 is 11.8 Å². The molecule has 0 bridgehead atoms. The summed E-state index contributed by atoms with van der Waals surface area (Å²) in [5.74, 6) is 0.541. The summed E-state index contributed by atoms with van der Waals surface area (Å²) < 4.78 is 0. The Morgan fingerprint density at radius 1 is 1.42 bits per heavy atom. The highest BCUT2D eigenvalue weighted by molar-refractivity contribution is 7.99. The van der Waals surface area contributed by atoms with E-state index >= 15 is 0 Å². The minimum Gasteiger partial charge on any atom is -0.508 e. The largest absolute Gasteiger partial charge is 0.508 e. The van der Waals surface area contributed by atoms with Crippen LogP contribution in [0.1, 0.15) is 44.2 Å². The van der Waals surface area contributed by atoms with Gasteiger partial charge in [-0.2, -0.15) is 11.8 Å². The number of benzene rings is 1. The van der Waals surface area contributed by atoms with Gasteiger partial charge in [0.1, 0.15) is 5.75 Å². The van der Waals surface area contributed by atoms with Crippen LogP contribution in [0.4, 0.5) is 5.69 Å². The molecule has 0 heterocycles. The Hall–Kier alpha value is -1.16. The Labute approximate surface area is 119 Å². The molecule has 0 spiro atoms. The normalized spacial score (nSPS) is 12.5. The highest BCUT2D eigenvalue weighted by Gasteiger charge is 2.17. The second-order valence-electron chi connectivity index (χ2n) is 5.00. The lowest BCUT2D eigenvalue weighted by Crippen LogP contribution is -2.24. The number of rotatable bonds is 5. The van der Waals surface area contributed by atoms with E-state index in [-0.39, 0.29) is 17.1 Å². The maximum atomic E-state index is 12.1. The van der Waals surface area contributed by atoms with Gasteiger partial charge >= 0.3 is 0 Å². The number of amides is 1. The number of anilines is 1. The molecule has 2 N–H and O–H groups in total. The molecule has 1 amide bonds. The fraction of sp³-hybridized carbons (Fsp3) is 0.533. The Balaban J connectivity index is 3.01. The maximum Gasteiger partial charge on any atom is 0.237 e. The third-order valence-electron chi connectivity index (χ3n) is 3.20. The van der Waals surface area contributed by atoms with Crippen LogP contribution in [-0.2, 0) is 4.79 Å². The highest BCUT2D eigenvalue weighted by Crippen LogP contribution is 2.31. The van der Waals surface area contributed by atoms with Crippen molar-refractivity contribution in [3.05, 3.63) is 23.3 Å². The summed E-state index contributed by atoms with van der Waals surface area (Å²) in [6.07, 6.45) is 2.75. The topological polar surface area (TPSA) is 49.3 Å². The number of phenols is 1. The fourth-order valence-corrected chi connectivity index (χ4v) is 2.59. The molecule has 0 fully saturated rings. The second kappa shape index (κ2) is 6.85. The van der Waals surface area contributed by atoms with Crippen molar-refractivity contribution in [2.75, 3.05) is 11.6 Å². The zero-order valence-electron chi connectivity index (χ0n) is 12.3. The van der Waals surface area contributed by atoms with Crippen molar-refractivity contribution in [3.8, 4) is 5.75 Å². The van der Waals surface area contributed by atoms with E-state index in [1.54, 1.807) is 17.8 Å². The Morgan fingerprint density at radius 3 is 2.53 bits per heavy atom. The number of carbonyl (C=O) groups is 1. The molecule has 0 aliphatic heterocycles. The molecular weight excluding hydrogens is 258 g/mol. The minimum atomic E-state index is -0.0318. The lowest BCUT2D eigenvalue weighted by molar-refractivity contribution is -0.115. The van der Waals surface area contributed by atoms with Gasteiger partial charge in [0.25, 0.3) is 0 Å². The lowest BCUT2D eigenvalue weighted by atomic mass is 9.99. The third kappa shape index (κ3) is 3.90. The molecule has 0 aromatic heterocycles. The van der Waals surface area contributed by atoms with Crippen molar-refractivity contribution in [2.45, 2.75) is 45.3 Å². The molecule has 1 rings (SSSR count). The number of thioether (sulfide) groups is 1. The molecule has 0 saturated heterocycles. The quantitative estimate of drug-likeness (QED) is 0.805. The molecule has 0 unspecified atom stereocenters. The van der Waals surface area contributed by atoms with E-state index in [0.717, 1.165) is 23.2 Å². The molecule has 106 valence electrons. The fourth-order valence-electron chi connectivity index (χ4n) is 1.98. The highest BCUT2D eigenvalue weighted by atomic mass is 32.2. The average Bonchev–Trinajstić information content (AvgIpc) is 2.33. The number of aryl methyl sites for hydroxylation is 1. The summed E-state index contributed by atoms with van der Waals surface area (Å²) >= 11 is 1.56. The van der Waals surface area contributed by atoms with E-state index in [4.69, 9.17) is 0 Å². The molecule has 3 nitrogen and oxygen atoms in total. The molecule has 1 aromatic carbocycles. The summed E-state index contributed by atoms with van der Waals surface area (Å²) in [6, 6.07) is 3.59. The molecule has 0 aliphatic rings. The predicted octanol–water partition coefficient (Wildman–Crippen LogP) is 3.90. The van der Waals surface area contributed by atoms with Crippen molar-refractivity contribution >= 4 is 23.4 Å². The first-order valence-electron chi connectivity index (χ1n) is 6.57. The molecule has 1 atom stereocenters. The Bertz CT molecular complexity index is 454. The van der Waals surface area contributed by atoms with Crippen LogP contribution < -0.4 is 5.32 Å². The molecule has 0 aliphatic carbocycles. The van der Waals surface area contributed by atoms with Gasteiger partial charge in [0.15, 0.2) is 0 Å². The van der Waals surface area contributed by atoms with Crippen LogP contribution in [0, 0.1) is 6.92 Å². The summed E-state index contributed by atoms with van der Waals surface area (Å²) in [7, 11) is 0. The minimum absolute atomic E-state index is 0.0264. The van der Waals surface area contributed by atoms with Crippen molar-refractivity contribution in [1.29, 1.82) is 0 Å². The number of hydrogen-bond acceptors (Lipinski definition) is 3. The number of phenolic OH excluding ortho intramolecular Hbond substituents is 1. The van der Waals surface area contributed by atoms with Gasteiger partial charge in [0.05, 0.1) is 5.25 Å². The number of aromatic hydroxyl groups is 1. The Kier molecular flexibility index (Phi) is 5.73. The molecule has 0 saturated carbocycles. The summed E-state index contributed by atoms with van der Waals surface area (Å²) in [4.78, 5) is 12.1. The molecule has 4 heteroatoms. The van der Waals surface area contributed by atoms with E-state index in [0.29, 0.717) is 5.75 Å². The molecular formula is C15H23NO2S. The third-order valence-corrected chi connectivity index (χ3v) is 4.32.